The summed E-state index contributed by atoms with van der Waals surface area (Å²) >= 11 is 0. The first-order chi connectivity index (χ1) is 11.0. The smallest absolute Gasteiger partial charge is 0.234 e. The molecule has 1 aromatic rings. The normalized spacial score (nSPS) is 17.2. The molecule has 1 aliphatic heterocycles. The van der Waals surface area contributed by atoms with Crippen LogP contribution in [0.2, 0.25) is 0 Å². The first kappa shape index (κ1) is 17.6. The molecule has 0 saturated carbocycles. The highest BCUT2D eigenvalue weighted by atomic mass is 16.5. The molecule has 2 rings (SSSR count). The van der Waals surface area contributed by atoms with Crippen LogP contribution in [-0.2, 0) is 4.79 Å². The van der Waals surface area contributed by atoms with Gasteiger partial charge in [-0.15, -0.1) is 0 Å². The number of amides is 1. The number of anilines is 1. The number of nitrogens with zero attached hydrogens (tertiary/aromatic N) is 2. The second kappa shape index (κ2) is 8.20. The van der Waals surface area contributed by atoms with Crippen LogP contribution in [0.5, 0.6) is 5.75 Å². The molecule has 5 heteroatoms. The van der Waals surface area contributed by atoms with E-state index < -0.39 is 0 Å². The molecular weight excluding hydrogens is 290 g/mol. The third kappa shape index (κ3) is 5.13. The molecule has 1 heterocycles. The number of rotatable bonds is 6. The molecule has 0 bridgehead atoms. The van der Waals surface area contributed by atoms with Gasteiger partial charge >= 0.3 is 0 Å². The molecular formula is C18H29N3O2. The number of nitrogens with one attached hydrogen (secondary N) is 1. The average Bonchev–Trinajstić information content (AvgIpc) is 2.55. The molecule has 128 valence electrons. The summed E-state index contributed by atoms with van der Waals surface area (Å²) in [5.41, 5.74) is 1.18. The molecule has 5 nitrogen and oxygen atoms in total. The first-order valence-electron chi connectivity index (χ1n) is 8.40. The standard InChI is InChI=1S/C18H29N3O2/c1-14(2)15(3)19-18(22)13-20-8-10-21(11-9-20)16-6-5-7-17(12-16)23-4/h5-7,12,14-15H,8-11,13H2,1-4H3,(H,19,22). The van der Waals surface area contributed by atoms with Crippen molar-refractivity contribution in [1.29, 1.82) is 0 Å². The fraction of sp³-hybridized carbons (Fsp3) is 0.611. The number of methoxy groups -OCH3 is 1. The summed E-state index contributed by atoms with van der Waals surface area (Å²) in [5, 5.41) is 3.07. The average molecular weight is 319 g/mol. The molecule has 1 aromatic carbocycles. The number of carbonyl (C=O) groups is 1. The molecule has 0 aromatic heterocycles. The molecule has 0 aliphatic carbocycles. The van der Waals surface area contributed by atoms with Gasteiger partial charge in [0.1, 0.15) is 5.75 Å². The maximum absolute atomic E-state index is 12.1. The van der Waals surface area contributed by atoms with Gasteiger partial charge in [-0.1, -0.05) is 19.9 Å². The molecule has 1 aliphatic rings. The van der Waals surface area contributed by atoms with Crippen LogP contribution in [0.25, 0.3) is 0 Å². The van der Waals surface area contributed by atoms with Crippen molar-refractivity contribution in [1.82, 2.24) is 10.2 Å². The Kier molecular flexibility index (Phi) is 6.28. The minimum absolute atomic E-state index is 0.126. The van der Waals surface area contributed by atoms with E-state index in [0.29, 0.717) is 12.5 Å². The third-order valence-corrected chi connectivity index (χ3v) is 4.55. The SMILES string of the molecule is COc1cccc(N2CCN(CC(=O)NC(C)C(C)C)CC2)c1. The number of carbonyl (C=O) groups excluding carboxylic acids is 1. The highest BCUT2D eigenvalue weighted by Crippen LogP contribution is 2.21. The lowest BCUT2D eigenvalue weighted by Crippen LogP contribution is -2.50. The summed E-state index contributed by atoms with van der Waals surface area (Å²) in [6.07, 6.45) is 0. The fourth-order valence-corrected chi connectivity index (χ4v) is 2.64. The fourth-order valence-electron chi connectivity index (χ4n) is 2.64. The zero-order valence-corrected chi connectivity index (χ0v) is 14.7. The second-order valence-corrected chi connectivity index (χ2v) is 6.56. The number of benzene rings is 1. The Morgan fingerprint density at radius 1 is 1.22 bits per heavy atom. The first-order valence-corrected chi connectivity index (χ1v) is 8.40. The molecule has 1 atom stereocenters. The molecule has 1 N–H and O–H groups in total. The summed E-state index contributed by atoms with van der Waals surface area (Å²) in [5.74, 6) is 1.47. The zero-order chi connectivity index (χ0) is 16.8. The second-order valence-electron chi connectivity index (χ2n) is 6.56. The molecule has 0 radical (unpaired) electrons. The van der Waals surface area contributed by atoms with Gasteiger partial charge in [0.25, 0.3) is 0 Å². The minimum Gasteiger partial charge on any atom is -0.497 e. The van der Waals surface area contributed by atoms with Crippen molar-refractivity contribution in [3.63, 3.8) is 0 Å². The van der Waals surface area contributed by atoms with E-state index in [1.807, 2.05) is 12.1 Å². The van der Waals surface area contributed by atoms with Gasteiger partial charge in [-0.25, -0.2) is 0 Å². The van der Waals surface area contributed by atoms with Crippen molar-refractivity contribution < 1.29 is 9.53 Å². The minimum atomic E-state index is 0.126. The Labute approximate surface area is 139 Å². The van der Waals surface area contributed by atoms with Crippen molar-refractivity contribution >= 4 is 11.6 Å². The van der Waals surface area contributed by atoms with E-state index in [2.05, 4.69) is 48.0 Å². The Morgan fingerprint density at radius 2 is 1.91 bits per heavy atom. The number of piperazine rings is 1. The monoisotopic (exact) mass is 319 g/mol. The molecule has 1 fully saturated rings. The Hall–Kier alpha value is -1.75. The van der Waals surface area contributed by atoms with Crippen LogP contribution in [0.1, 0.15) is 20.8 Å². The van der Waals surface area contributed by atoms with Crippen molar-refractivity contribution in [2.24, 2.45) is 5.92 Å². The van der Waals surface area contributed by atoms with Gasteiger partial charge in [-0.2, -0.15) is 0 Å². The number of hydrogen-bond acceptors (Lipinski definition) is 4. The summed E-state index contributed by atoms with van der Waals surface area (Å²) in [6, 6.07) is 8.36. The summed E-state index contributed by atoms with van der Waals surface area (Å²) in [7, 11) is 1.69. The van der Waals surface area contributed by atoms with E-state index in [9.17, 15) is 4.79 Å². The maximum Gasteiger partial charge on any atom is 0.234 e. The van der Waals surface area contributed by atoms with E-state index in [-0.39, 0.29) is 11.9 Å². The number of ether oxygens (including phenoxy) is 1. The predicted octanol–water partition coefficient (Wildman–Crippen LogP) is 1.98. The lowest BCUT2D eigenvalue weighted by molar-refractivity contribution is -0.123. The predicted molar refractivity (Wildman–Crippen MR) is 94.1 cm³/mol. The van der Waals surface area contributed by atoms with Crippen molar-refractivity contribution in [3.05, 3.63) is 24.3 Å². The van der Waals surface area contributed by atoms with Crippen LogP contribution in [0.4, 0.5) is 5.69 Å². The van der Waals surface area contributed by atoms with Gasteiger partial charge in [0.2, 0.25) is 5.91 Å². The number of hydrogen-bond donors (Lipinski definition) is 1. The zero-order valence-electron chi connectivity index (χ0n) is 14.7. The Bertz CT molecular complexity index is 511. The Morgan fingerprint density at radius 3 is 2.52 bits per heavy atom. The van der Waals surface area contributed by atoms with Crippen molar-refractivity contribution in [2.75, 3.05) is 44.7 Å². The van der Waals surface area contributed by atoms with E-state index in [1.165, 1.54) is 5.69 Å². The molecule has 0 spiro atoms. The maximum atomic E-state index is 12.1. The summed E-state index contributed by atoms with van der Waals surface area (Å²) in [6.45, 7) is 10.5. The molecule has 1 amide bonds. The largest absolute Gasteiger partial charge is 0.497 e. The lowest BCUT2D eigenvalue weighted by atomic mass is 10.1. The lowest BCUT2D eigenvalue weighted by Gasteiger charge is -2.36. The van der Waals surface area contributed by atoms with Gasteiger partial charge < -0.3 is 15.0 Å². The topological polar surface area (TPSA) is 44.8 Å². The van der Waals surface area contributed by atoms with E-state index in [0.717, 1.165) is 31.9 Å². The van der Waals surface area contributed by atoms with Gasteiger partial charge in [-0.05, 0) is 25.0 Å². The van der Waals surface area contributed by atoms with Crippen molar-refractivity contribution in [2.45, 2.75) is 26.8 Å². The van der Waals surface area contributed by atoms with Gasteiger partial charge in [0.05, 0.1) is 13.7 Å². The highest BCUT2D eigenvalue weighted by Gasteiger charge is 2.20. The van der Waals surface area contributed by atoms with Crippen LogP contribution < -0.4 is 15.0 Å². The van der Waals surface area contributed by atoms with E-state index >= 15 is 0 Å². The third-order valence-electron chi connectivity index (χ3n) is 4.55. The summed E-state index contributed by atoms with van der Waals surface area (Å²) < 4.78 is 5.29. The van der Waals surface area contributed by atoms with Gasteiger partial charge in [-0.3, -0.25) is 9.69 Å². The van der Waals surface area contributed by atoms with Crippen LogP contribution in [0.3, 0.4) is 0 Å². The highest BCUT2D eigenvalue weighted by molar-refractivity contribution is 5.78. The Balaban J connectivity index is 1.80. The van der Waals surface area contributed by atoms with E-state index in [1.54, 1.807) is 7.11 Å². The molecule has 1 saturated heterocycles. The van der Waals surface area contributed by atoms with Crippen LogP contribution in [-0.4, -0.2) is 56.7 Å². The van der Waals surface area contributed by atoms with Gasteiger partial charge in [0, 0.05) is 44.0 Å². The van der Waals surface area contributed by atoms with E-state index in [4.69, 9.17) is 4.74 Å². The van der Waals surface area contributed by atoms with Gasteiger partial charge in [0.15, 0.2) is 0 Å². The summed E-state index contributed by atoms with van der Waals surface area (Å²) in [4.78, 5) is 16.6. The van der Waals surface area contributed by atoms with Crippen LogP contribution in [0.15, 0.2) is 24.3 Å². The molecule has 1 unspecified atom stereocenters. The van der Waals surface area contributed by atoms with Crippen LogP contribution >= 0.6 is 0 Å². The van der Waals surface area contributed by atoms with Crippen molar-refractivity contribution in [3.8, 4) is 5.75 Å². The van der Waals surface area contributed by atoms with Crippen LogP contribution in [0, 0.1) is 5.92 Å². The molecule has 23 heavy (non-hydrogen) atoms. The quantitative estimate of drug-likeness (QED) is 0.871.